The van der Waals surface area contributed by atoms with Crippen molar-refractivity contribution in [2.24, 2.45) is 0 Å². The number of rotatable bonds is 5. The molecule has 0 unspecified atom stereocenters. The van der Waals surface area contributed by atoms with Gasteiger partial charge in [0.05, 0.1) is 17.4 Å². The van der Waals surface area contributed by atoms with E-state index in [1.165, 1.54) is 0 Å². The van der Waals surface area contributed by atoms with E-state index in [2.05, 4.69) is 27.8 Å². The van der Waals surface area contributed by atoms with Gasteiger partial charge in [-0.1, -0.05) is 0 Å². The lowest BCUT2D eigenvalue weighted by Crippen LogP contribution is -2.40. The SMILES string of the molecule is CN(C)c1nc(C2CCN(C(=O)COc3cccnc3)CC2)cn2cccc12. The Balaban J connectivity index is 1.39. The summed E-state index contributed by atoms with van der Waals surface area (Å²) in [5.41, 5.74) is 2.19. The van der Waals surface area contributed by atoms with E-state index in [9.17, 15) is 4.79 Å². The molecular weight excluding hydrogens is 354 g/mol. The first-order valence-electron chi connectivity index (χ1n) is 9.57. The lowest BCUT2D eigenvalue weighted by molar-refractivity contribution is -0.134. The number of amides is 1. The molecule has 0 aromatic carbocycles. The molecule has 3 aromatic rings. The van der Waals surface area contributed by atoms with Crippen molar-refractivity contribution in [2.75, 3.05) is 38.7 Å². The number of carbonyl (C=O) groups excluding carboxylic acids is 1. The summed E-state index contributed by atoms with van der Waals surface area (Å²) in [4.78, 5) is 25.3. The smallest absolute Gasteiger partial charge is 0.260 e. The third-order valence-electron chi connectivity index (χ3n) is 5.20. The van der Waals surface area contributed by atoms with E-state index < -0.39 is 0 Å². The second-order valence-corrected chi connectivity index (χ2v) is 7.32. The quantitative estimate of drug-likeness (QED) is 0.682. The molecule has 0 saturated carbocycles. The van der Waals surface area contributed by atoms with Gasteiger partial charge in [0.25, 0.3) is 5.91 Å². The van der Waals surface area contributed by atoms with Gasteiger partial charge in [-0.05, 0) is 37.1 Å². The topological polar surface area (TPSA) is 63.0 Å². The number of aromatic nitrogens is 3. The molecule has 0 radical (unpaired) electrons. The molecular formula is C21H25N5O2. The highest BCUT2D eigenvalue weighted by molar-refractivity contribution is 5.78. The van der Waals surface area contributed by atoms with Crippen LogP contribution in [-0.2, 0) is 4.79 Å². The highest BCUT2D eigenvalue weighted by atomic mass is 16.5. The molecule has 7 nitrogen and oxygen atoms in total. The fraction of sp³-hybridized carbons (Fsp3) is 0.381. The molecule has 0 bridgehead atoms. The molecule has 1 aliphatic heterocycles. The Morgan fingerprint density at radius 3 is 2.79 bits per heavy atom. The number of hydrogen-bond donors (Lipinski definition) is 0. The molecule has 0 spiro atoms. The molecule has 1 amide bonds. The summed E-state index contributed by atoms with van der Waals surface area (Å²) in [5.74, 6) is 1.97. The Morgan fingerprint density at radius 2 is 2.07 bits per heavy atom. The van der Waals surface area contributed by atoms with Gasteiger partial charge in [-0.2, -0.15) is 0 Å². The van der Waals surface area contributed by atoms with Gasteiger partial charge in [-0.25, -0.2) is 4.98 Å². The largest absolute Gasteiger partial charge is 0.482 e. The van der Waals surface area contributed by atoms with E-state index in [1.807, 2.05) is 30.0 Å². The van der Waals surface area contributed by atoms with Crippen LogP contribution in [0.4, 0.5) is 5.82 Å². The number of anilines is 1. The molecule has 146 valence electrons. The van der Waals surface area contributed by atoms with Crippen LogP contribution in [0.1, 0.15) is 24.5 Å². The van der Waals surface area contributed by atoms with Crippen LogP contribution in [0.2, 0.25) is 0 Å². The summed E-state index contributed by atoms with van der Waals surface area (Å²) in [7, 11) is 4.03. The normalized spacial score (nSPS) is 15.0. The number of ether oxygens (including phenoxy) is 1. The predicted octanol–water partition coefficient (Wildman–Crippen LogP) is 2.58. The summed E-state index contributed by atoms with van der Waals surface area (Å²) in [6.07, 6.45) is 9.29. The van der Waals surface area contributed by atoms with Gasteiger partial charge in [-0.3, -0.25) is 9.78 Å². The Morgan fingerprint density at radius 1 is 1.25 bits per heavy atom. The van der Waals surface area contributed by atoms with Gasteiger partial charge in [0, 0.05) is 51.7 Å². The fourth-order valence-corrected chi connectivity index (χ4v) is 3.67. The van der Waals surface area contributed by atoms with Crippen LogP contribution in [0.25, 0.3) is 5.52 Å². The molecule has 4 heterocycles. The van der Waals surface area contributed by atoms with Crippen molar-refractivity contribution in [2.45, 2.75) is 18.8 Å². The molecule has 1 fully saturated rings. The van der Waals surface area contributed by atoms with Gasteiger partial charge >= 0.3 is 0 Å². The fourth-order valence-electron chi connectivity index (χ4n) is 3.67. The summed E-state index contributed by atoms with van der Waals surface area (Å²) < 4.78 is 7.67. The number of piperidine rings is 1. The molecule has 3 aromatic heterocycles. The van der Waals surface area contributed by atoms with Crippen LogP contribution >= 0.6 is 0 Å². The maximum absolute atomic E-state index is 12.5. The van der Waals surface area contributed by atoms with E-state index in [0.717, 1.165) is 43.0 Å². The first-order valence-corrected chi connectivity index (χ1v) is 9.57. The van der Waals surface area contributed by atoms with Gasteiger partial charge < -0.3 is 18.9 Å². The lowest BCUT2D eigenvalue weighted by atomic mass is 9.93. The zero-order valence-electron chi connectivity index (χ0n) is 16.3. The second kappa shape index (κ2) is 7.88. The van der Waals surface area contributed by atoms with Crippen molar-refractivity contribution < 1.29 is 9.53 Å². The summed E-state index contributed by atoms with van der Waals surface area (Å²) >= 11 is 0. The van der Waals surface area contributed by atoms with E-state index in [0.29, 0.717) is 11.7 Å². The third-order valence-corrected chi connectivity index (χ3v) is 5.20. The first kappa shape index (κ1) is 18.3. The standard InChI is InChI=1S/C21H25N5O2/c1-24(2)21-19-6-4-10-26(19)14-18(23-21)16-7-11-25(12-8-16)20(27)15-28-17-5-3-9-22-13-17/h3-6,9-10,13-14,16H,7-8,11-12,15H2,1-2H3. The first-order chi connectivity index (χ1) is 13.6. The molecule has 0 aliphatic carbocycles. The molecule has 28 heavy (non-hydrogen) atoms. The van der Waals surface area contributed by atoms with E-state index in [1.54, 1.807) is 24.5 Å². The Bertz CT molecular complexity index is 946. The summed E-state index contributed by atoms with van der Waals surface area (Å²) in [6, 6.07) is 7.72. The summed E-state index contributed by atoms with van der Waals surface area (Å²) in [6.45, 7) is 1.50. The van der Waals surface area contributed by atoms with Crippen LogP contribution in [0.5, 0.6) is 5.75 Å². The number of carbonyl (C=O) groups is 1. The van der Waals surface area contributed by atoms with E-state index >= 15 is 0 Å². The molecule has 1 saturated heterocycles. The number of likely N-dealkylation sites (tertiary alicyclic amines) is 1. The average Bonchev–Trinajstić information content (AvgIpc) is 3.20. The number of nitrogens with zero attached hydrogens (tertiary/aromatic N) is 5. The zero-order valence-corrected chi connectivity index (χ0v) is 16.3. The van der Waals surface area contributed by atoms with Crippen LogP contribution in [0.3, 0.4) is 0 Å². The number of fused-ring (bicyclic) bond motifs is 1. The maximum Gasteiger partial charge on any atom is 0.260 e. The van der Waals surface area contributed by atoms with Gasteiger partial charge in [0.1, 0.15) is 5.75 Å². The van der Waals surface area contributed by atoms with Crippen molar-refractivity contribution in [1.29, 1.82) is 0 Å². The van der Waals surface area contributed by atoms with Gasteiger partial charge in [0.2, 0.25) is 0 Å². The monoisotopic (exact) mass is 379 g/mol. The minimum Gasteiger partial charge on any atom is -0.482 e. The lowest BCUT2D eigenvalue weighted by Gasteiger charge is -2.32. The van der Waals surface area contributed by atoms with Crippen molar-refractivity contribution >= 4 is 17.2 Å². The van der Waals surface area contributed by atoms with Gasteiger partial charge in [-0.15, -0.1) is 0 Å². The second-order valence-electron chi connectivity index (χ2n) is 7.32. The van der Waals surface area contributed by atoms with Crippen molar-refractivity contribution in [1.82, 2.24) is 19.3 Å². The molecule has 7 heteroatoms. The number of hydrogen-bond acceptors (Lipinski definition) is 5. The molecule has 4 rings (SSSR count). The van der Waals surface area contributed by atoms with Crippen molar-refractivity contribution in [3.63, 3.8) is 0 Å². The molecule has 1 aliphatic rings. The van der Waals surface area contributed by atoms with Crippen LogP contribution in [-0.4, -0.2) is 59.0 Å². The molecule has 0 atom stereocenters. The van der Waals surface area contributed by atoms with Crippen LogP contribution in [0.15, 0.2) is 49.1 Å². The molecule has 0 N–H and O–H groups in total. The van der Waals surface area contributed by atoms with E-state index in [-0.39, 0.29) is 12.5 Å². The highest BCUT2D eigenvalue weighted by Gasteiger charge is 2.26. The maximum atomic E-state index is 12.5. The number of pyridine rings is 1. The zero-order chi connectivity index (χ0) is 19.5. The van der Waals surface area contributed by atoms with Crippen LogP contribution < -0.4 is 9.64 Å². The van der Waals surface area contributed by atoms with Crippen molar-refractivity contribution in [3.05, 3.63) is 54.7 Å². The van der Waals surface area contributed by atoms with Crippen LogP contribution in [0, 0.1) is 0 Å². The Hall–Kier alpha value is -3.09. The average molecular weight is 379 g/mol. The minimum atomic E-state index is 0.0186. The summed E-state index contributed by atoms with van der Waals surface area (Å²) in [5, 5.41) is 0. The van der Waals surface area contributed by atoms with Gasteiger partial charge in [0.15, 0.2) is 12.4 Å². The Kier molecular flexibility index (Phi) is 5.14. The van der Waals surface area contributed by atoms with Crippen molar-refractivity contribution in [3.8, 4) is 5.75 Å². The minimum absolute atomic E-state index is 0.0186. The Labute approximate surface area is 164 Å². The highest BCUT2D eigenvalue weighted by Crippen LogP contribution is 2.29. The van der Waals surface area contributed by atoms with E-state index in [4.69, 9.17) is 9.72 Å². The predicted molar refractivity (Wildman–Crippen MR) is 108 cm³/mol. The third kappa shape index (κ3) is 3.78.